The molecule has 34 heavy (non-hydrogen) atoms. The van der Waals surface area contributed by atoms with E-state index in [1.807, 2.05) is 13.0 Å². The number of aryl methyl sites for hydroxylation is 1. The summed E-state index contributed by atoms with van der Waals surface area (Å²) < 4.78 is 37.8. The molecule has 1 heterocycles. The van der Waals surface area contributed by atoms with Gasteiger partial charge in [-0.3, -0.25) is 4.79 Å². The number of amides is 1. The molecule has 9 heteroatoms. The van der Waals surface area contributed by atoms with Crippen molar-refractivity contribution in [2.75, 3.05) is 20.3 Å². The lowest BCUT2D eigenvalue weighted by atomic mass is 10.1. The number of ether oxygens (including phenoxy) is 2. The van der Waals surface area contributed by atoms with Crippen molar-refractivity contribution in [1.29, 1.82) is 0 Å². The Morgan fingerprint density at radius 1 is 1.00 bits per heavy atom. The summed E-state index contributed by atoms with van der Waals surface area (Å²) in [5.41, 5.74) is 5.41. The minimum Gasteiger partial charge on any atom is -0.486 e. The number of sulfonamides is 1. The fourth-order valence-electron chi connectivity index (χ4n) is 3.36. The second kappa shape index (κ2) is 10.1. The third-order valence-corrected chi connectivity index (χ3v) is 7.11. The van der Waals surface area contributed by atoms with Gasteiger partial charge in [0.2, 0.25) is 10.0 Å². The van der Waals surface area contributed by atoms with E-state index in [0.29, 0.717) is 30.3 Å². The minimum absolute atomic E-state index is 0.181. The number of rotatable bonds is 7. The summed E-state index contributed by atoms with van der Waals surface area (Å²) in [6, 6.07) is 18.9. The number of nitrogens with zero attached hydrogens (tertiary/aromatic N) is 2. The van der Waals surface area contributed by atoms with Crippen molar-refractivity contribution in [3.05, 3.63) is 89.0 Å². The second-order valence-corrected chi connectivity index (χ2v) is 9.92. The molecule has 0 atom stereocenters. The number of carbonyl (C=O) groups is 1. The topological polar surface area (TPSA) is 97.3 Å². The Labute approximate surface area is 198 Å². The SMILES string of the molecule is Cc1ccc(S(=O)(=O)N(C)Cc2ccc(C(=O)NN=Cc3ccc4c(c3)OCCO4)cc2)cc1. The zero-order valence-corrected chi connectivity index (χ0v) is 19.7. The minimum atomic E-state index is -3.61. The van der Waals surface area contributed by atoms with Crippen molar-refractivity contribution < 1.29 is 22.7 Å². The summed E-state index contributed by atoms with van der Waals surface area (Å²) in [7, 11) is -2.08. The van der Waals surface area contributed by atoms with E-state index in [2.05, 4.69) is 10.5 Å². The van der Waals surface area contributed by atoms with E-state index in [4.69, 9.17) is 9.47 Å². The third-order valence-electron chi connectivity index (χ3n) is 5.30. The molecule has 3 aromatic carbocycles. The van der Waals surface area contributed by atoms with E-state index < -0.39 is 10.0 Å². The van der Waals surface area contributed by atoms with Crippen molar-refractivity contribution in [2.24, 2.45) is 5.10 Å². The summed E-state index contributed by atoms with van der Waals surface area (Å²) >= 11 is 0. The predicted molar refractivity (Wildman–Crippen MR) is 129 cm³/mol. The maximum Gasteiger partial charge on any atom is 0.271 e. The summed E-state index contributed by atoms with van der Waals surface area (Å²) in [5.74, 6) is 0.956. The first-order valence-corrected chi connectivity index (χ1v) is 12.1. The molecule has 1 N–H and O–H groups in total. The highest BCUT2D eigenvalue weighted by atomic mass is 32.2. The molecule has 0 bridgehead atoms. The third kappa shape index (κ3) is 5.44. The van der Waals surface area contributed by atoms with Crippen LogP contribution in [0.1, 0.15) is 27.0 Å². The van der Waals surface area contributed by atoms with Gasteiger partial charge >= 0.3 is 0 Å². The highest BCUT2D eigenvalue weighted by Gasteiger charge is 2.20. The van der Waals surface area contributed by atoms with E-state index in [-0.39, 0.29) is 17.3 Å². The van der Waals surface area contributed by atoms with E-state index in [1.165, 1.54) is 17.6 Å². The average molecular weight is 480 g/mol. The van der Waals surface area contributed by atoms with Crippen LogP contribution in [0.25, 0.3) is 0 Å². The van der Waals surface area contributed by atoms with Crippen molar-refractivity contribution >= 4 is 22.1 Å². The summed E-state index contributed by atoms with van der Waals surface area (Å²) in [5, 5.41) is 4.00. The number of hydrazone groups is 1. The molecule has 0 unspecified atom stereocenters. The summed E-state index contributed by atoms with van der Waals surface area (Å²) in [6.45, 7) is 3.10. The summed E-state index contributed by atoms with van der Waals surface area (Å²) in [6.07, 6.45) is 1.52. The number of benzene rings is 3. The Bertz CT molecular complexity index is 1300. The number of carbonyl (C=O) groups excluding carboxylic acids is 1. The van der Waals surface area contributed by atoms with Gasteiger partial charge in [0.1, 0.15) is 13.2 Å². The number of fused-ring (bicyclic) bond motifs is 1. The van der Waals surface area contributed by atoms with Gasteiger partial charge in [-0.1, -0.05) is 29.8 Å². The van der Waals surface area contributed by atoms with Gasteiger partial charge in [0.15, 0.2) is 11.5 Å². The highest BCUT2D eigenvalue weighted by molar-refractivity contribution is 7.89. The number of hydrogen-bond acceptors (Lipinski definition) is 6. The predicted octanol–water partition coefficient (Wildman–Crippen LogP) is 3.35. The molecular weight excluding hydrogens is 454 g/mol. The fourth-order valence-corrected chi connectivity index (χ4v) is 4.52. The molecule has 0 saturated heterocycles. The van der Waals surface area contributed by atoms with Crippen LogP contribution >= 0.6 is 0 Å². The van der Waals surface area contributed by atoms with Crippen LogP contribution in [0.5, 0.6) is 11.5 Å². The van der Waals surface area contributed by atoms with Crippen LogP contribution in [0.4, 0.5) is 0 Å². The van der Waals surface area contributed by atoms with Gasteiger partial charge < -0.3 is 9.47 Å². The zero-order chi connectivity index (χ0) is 24.1. The van der Waals surface area contributed by atoms with Crippen LogP contribution in [0, 0.1) is 6.92 Å². The first-order valence-electron chi connectivity index (χ1n) is 10.7. The Balaban J connectivity index is 1.35. The standard InChI is InChI=1S/C25H25N3O5S/c1-18-3-10-22(11-4-18)34(30,31)28(2)17-19-5-8-21(9-6-19)25(29)27-26-16-20-7-12-23-24(15-20)33-14-13-32-23/h3-12,15-16H,13-14,17H2,1-2H3,(H,27,29). The van der Waals surface area contributed by atoms with Crippen molar-refractivity contribution in [1.82, 2.24) is 9.73 Å². The first-order chi connectivity index (χ1) is 16.3. The lowest BCUT2D eigenvalue weighted by Crippen LogP contribution is -2.26. The van der Waals surface area contributed by atoms with Gasteiger partial charge in [0.05, 0.1) is 11.1 Å². The Morgan fingerprint density at radius 3 is 2.38 bits per heavy atom. The quantitative estimate of drug-likeness (QED) is 0.414. The second-order valence-electron chi connectivity index (χ2n) is 7.87. The molecular formula is C25H25N3O5S. The number of nitrogens with one attached hydrogen (secondary N) is 1. The van der Waals surface area contributed by atoms with Gasteiger partial charge in [0.25, 0.3) is 5.91 Å². The smallest absolute Gasteiger partial charge is 0.271 e. The largest absolute Gasteiger partial charge is 0.486 e. The van der Waals surface area contributed by atoms with Crippen molar-refractivity contribution in [3.8, 4) is 11.5 Å². The van der Waals surface area contributed by atoms with Gasteiger partial charge in [-0.2, -0.15) is 9.41 Å². The molecule has 0 aromatic heterocycles. The molecule has 0 saturated carbocycles. The maximum atomic E-state index is 12.8. The first kappa shape index (κ1) is 23.5. The van der Waals surface area contributed by atoms with Gasteiger partial charge in [-0.15, -0.1) is 0 Å². The van der Waals surface area contributed by atoms with Gasteiger partial charge in [-0.05, 0) is 60.5 Å². The van der Waals surface area contributed by atoms with Gasteiger partial charge in [-0.25, -0.2) is 13.8 Å². The molecule has 8 nitrogen and oxygen atoms in total. The molecule has 0 fully saturated rings. The van der Waals surface area contributed by atoms with Crippen LogP contribution < -0.4 is 14.9 Å². The Hall–Kier alpha value is -3.69. The van der Waals surface area contributed by atoms with Crippen molar-refractivity contribution in [3.63, 3.8) is 0 Å². The number of hydrogen-bond donors (Lipinski definition) is 1. The summed E-state index contributed by atoms with van der Waals surface area (Å²) in [4.78, 5) is 12.6. The molecule has 176 valence electrons. The Morgan fingerprint density at radius 2 is 1.68 bits per heavy atom. The highest BCUT2D eigenvalue weighted by Crippen LogP contribution is 2.30. The molecule has 1 aliphatic rings. The van der Waals surface area contributed by atoms with Crippen molar-refractivity contribution in [2.45, 2.75) is 18.4 Å². The molecule has 0 aliphatic carbocycles. The van der Waals surface area contributed by atoms with Crippen LogP contribution in [-0.4, -0.2) is 45.1 Å². The van der Waals surface area contributed by atoms with E-state index >= 15 is 0 Å². The molecule has 1 aliphatic heterocycles. The van der Waals surface area contributed by atoms with E-state index in [1.54, 1.807) is 60.7 Å². The molecule has 0 radical (unpaired) electrons. The van der Waals surface area contributed by atoms with Crippen LogP contribution in [0.3, 0.4) is 0 Å². The zero-order valence-electron chi connectivity index (χ0n) is 18.9. The Kier molecular flexibility index (Phi) is 6.95. The van der Waals surface area contributed by atoms with Crippen LogP contribution in [0.15, 0.2) is 76.7 Å². The molecule has 4 rings (SSSR count). The van der Waals surface area contributed by atoms with E-state index in [9.17, 15) is 13.2 Å². The average Bonchev–Trinajstić information content (AvgIpc) is 2.84. The maximum absolute atomic E-state index is 12.8. The monoisotopic (exact) mass is 479 g/mol. The molecule has 1 amide bonds. The van der Waals surface area contributed by atoms with Gasteiger partial charge in [0, 0.05) is 19.2 Å². The molecule has 3 aromatic rings. The normalized spacial score (nSPS) is 13.3. The van der Waals surface area contributed by atoms with E-state index in [0.717, 1.165) is 16.7 Å². The fraction of sp³-hybridized carbons (Fsp3) is 0.200. The van der Waals surface area contributed by atoms with Crippen LogP contribution in [0.2, 0.25) is 0 Å². The lowest BCUT2D eigenvalue weighted by molar-refractivity contribution is 0.0955. The lowest BCUT2D eigenvalue weighted by Gasteiger charge is -2.18. The molecule has 0 spiro atoms. The van der Waals surface area contributed by atoms with Crippen LogP contribution in [-0.2, 0) is 16.6 Å².